The topological polar surface area (TPSA) is 102 Å². The number of carbonyl (C=O) groups is 2. The van der Waals surface area contributed by atoms with Gasteiger partial charge in [-0.1, -0.05) is 0 Å². The molecule has 9 nitrogen and oxygen atoms in total. The summed E-state index contributed by atoms with van der Waals surface area (Å²) in [6, 6.07) is 0.339. The Balaban J connectivity index is 1.48. The van der Waals surface area contributed by atoms with Crippen LogP contribution >= 0.6 is 0 Å². The number of nitrogens with zero attached hydrogens (tertiary/aromatic N) is 3. The first-order valence-corrected chi connectivity index (χ1v) is 10.4. The molecule has 2 amide bonds. The molecule has 1 fully saturated rings. The van der Waals surface area contributed by atoms with Gasteiger partial charge < -0.3 is 24.7 Å². The van der Waals surface area contributed by atoms with Crippen molar-refractivity contribution in [3.8, 4) is 0 Å². The van der Waals surface area contributed by atoms with Crippen LogP contribution in [0.2, 0.25) is 0 Å². The number of amides is 2. The van der Waals surface area contributed by atoms with Gasteiger partial charge in [0.2, 0.25) is 0 Å². The summed E-state index contributed by atoms with van der Waals surface area (Å²) in [5.41, 5.74) is 0.0309. The molecule has 2 N–H and O–H groups in total. The van der Waals surface area contributed by atoms with Gasteiger partial charge in [-0.05, 0) is 31.9 Å². The first-order chi connectivity index (χ1) is 15.3. The number of rotatable bonds is 4. The van der Waals surface area contributed by atoms with Crippen molar-refractivity contribution in [1.29, 1.82) is 0 Å². The number of nitrogens with one attached hydrogen (secondary N) is 2. The molecule has 0 spiro atoms. The van der Waals surface area contributed by atoms with Gasteiger partial charge in [-0.3, -0.25) is 4.79 Å². The number of anilines is 1. The number of furan rings is 1. The number of halogens is 3. The lowest BCUT2D eigenvalue weighted by Crippen LogP contribution is -2.46. The van der Waals surface area contributed by atoms with Crippen LogP contribution in [0.3, 0.4) is 0 Å². The first-order valence-electron chi connectivity index (χ1n) is 10.4. The number of ether oxygens (including phenoxy) is 1. The SMILES string of the molecule is CCOC(=O)N1CCC(NC(=O)c2cnn3c2NC(c2ccco2)CC3C(F)(F)F)CC1. The molecule has 1 saturated heterocycles. The van der Waals surface area contributed by atoms with E-state index in [0.29, 0.717) is 31.7 Å². The smallest absolute Gasteiger partial charge is 0.410 e. The minimum absolute atomic E-state index is 0.00133. The molecule has 4 rings (SSSR count). The number of fused-ring (bicyclic) bond motifs is 1. The van der Waals surface area contributed by atoms with E-state index in [9.17, 15) is 22.8 Å². The largest absolute Gasteiger partial charge is 0.467 e. The van der Waals surface area contributed by atoms with Crippen LogP contribution in [0.1, 0.15) is 54.4 Å². The Morgan fingerprint density at radius 3 is 2.72 bits per heavy atom. The summed E-state index contributed by atoms with van der Waals surface area (Å²) in [5.74, 6) is -0.166. The number of aromatic nitrogens is 2. The first kappa shape index (κ1) is 22.0. The highest BCUT2D eigenvalue weighted by atomic mass is 19.4. The maximum Gasteiger partial charge on any atom is 0.410 e. The van der Waals surface area contributed by atoms with Gasteiger partial charge in [0.15, 0.2) is 6.04 Å². The van der Waals surface area contributed by atoms with Crippen molar-refractivity contribution in [2.45, 2.75) is 50.5 Å². The maximum absolute atomic E-state index is 13.7. The summed E-state index contributed by atoms with van der Waals surface area (Å²) in [5, 5.41) is 9.69. The normalized spacial score (nSPS) is 21.6. The molecular weight excluding hydrogens is 431 g/mol. The van der Waals surface area contributed by atoms with E-state index < -0.39 is 30.3 Å². The zero-order chi connectivity index (χ0) is 22.9. The van der Waals surface area contributed by atoms with Crippen molar-refractivity contribution in [2.24, 2.45) is 0 Å². The Labute approximate surface area is 181 Å². The summed E-state index contributed by atoms with van der Waals surface area (Å²) in [6.07, 6.45) is -1.67. The van der Waals surface area contributed by atoms with Gasteiger partial charge in [0.25, 0.3) is 5.91 Å². The van der Waals surface area contributed by atoms with E-state index in [1.165, 1.54) is 6.26 Å². The molecule has 174 valence electrons. The second-order valence-corrected chi connectivity index (χ2v) is 7.79. The van der Waals surface area contributed by atoms with Gasteiger partial charge >= 0.3 is 12.3 Å². The van der Waals surface area contributed by atoms with Gasteiger partial charge in [-0.25, -0.2) is 9.48 Å². The Hall–Kier alpha value is -3.18. The molecule has 2 aromatic heterocycles. The van der Waals surface area contributed by atoms with E-state index in [0.717, 1.165) is 10.9 Å². The lowest BCUT2D eigenvalue weighted by Gasteiger charge is -2.33. The Morgan fingerprint density at radius 2 is 2.09 bits per heavy atom. The third-order valence-corrected chi connectivity index (χ3v) is 5.73. The number of likely N-dealkylation sites (tertiary alicyclic amines) is 1. The molecule has 2 aliphatic rings. The quantitative estimate of drug-likeness (QED) is 0.732. The van der Waals surface area contributed by atoms with E-state index in [2.05, 4.69) is 15.7 Å². The van der Waals surface area contributed by atoms with E-state index in [1.54, 1.807) is 24.0 Å². The zero-order valence-electron chi connectivity index (χ0n) is 17.4. The van der Waals surface area contributed by atoms with Crippen LogP contribution in [0.5, 0.6) is 0 Å². The Kier molecular flexibility index (Phi) is 6.02. The van der Waals surface area contributed by atoms with Crippen LogP contribution in [-0.2, 0) is 4.74 Å². The second-order valence-electron chi connectivity index (χ2n) is 7.79. The summed E-state index contributed by atoms with van der Waals surface area (Å²) in [7, 11) is 0. The third kappa shape index (κ3) is 4.39. The molecule has 2 aromatic rings. The van der Waals surface area contributed by atoms with E-state index in [1.807, 2.05) is 0 Å². The maximum atomic E-state index is 13.7. The van der Waals surface area contributed by atoms with Crippen molar-refractivity contribution in [3.63, 3.8) is 0 Å². The fourth-order valence-electron chi connectivity index (χ4n) is 4.09. The number of hydrogen-bond donors (Lipinski definition) is 2. The highest BCUT2D eigenvalue weighted by Crippen LogP contribution is 2.44. The van der Waals surface area contributed by atoms with Gasteiger partial charge in [0.1, 0.15) is 17.1 Å². The lowest BCUT2D eigenvalue weighted by atomic mass is 10.0. The second kappa shape index (κ2) is 8.75. The van der Waals surface area contributed by atoms with Crippen LogP contribution < -0.4 is 10.6 Å². The average Bonchev–Trinajstić information content (AvgIpc) is 3.43. The predicted molar refractivity (Wildman–Crippen MR) is 106 cm³/mol. The molecule has 0 bridgehead atoms. The Bertz CT molecular complexity index is 951. The van der Waals surface area contributed by atoms with Gasteiger partial charge in [0, 0.05) is 25.6 Å². The van der Waals surface area contributed by atoms with Gasteiger partial charge in [-0.2, -0.15) is 18.3 Å². The highest BCUT2D eigenvalue weighted by molar-refractivity contribution is 5.99. The summed E-state index contributed by atoms with van der Waals surface area (Å²) in [4.78, 5) is 26.3. The van der Waals surface area contributed by atoms with Crippen LogP contribution in [0.4, 0.5) is 23.8 Å². The number of hydrogen-bond acceptors (Lipinski definition) is 6. The number of piperidine rings is 1. The van der Waals surface area contributed by atoms with Crippen molar-refractivity contribution >= 4 is 17.8 Å². The molecule has 0 aromatic carbocycles. The van der Waals surface area contributed by atoms with Crippen LogP contribution in [-0.4, -0.2) is 58.6 Å². The molecular formula is C20H24F3N5O4. The fraction of sp³-hybridized carbons (Fsp3) is 0.550. The standard InChI is InChI=1S/C20H24F3N5O4/c1-2-31-19(30)27-7-5-12(6-8-27)25-18(29)13-11-24-28-16(20(21,22)23)10-14(26-17(13)28)15-4-3-9-32-15/h3-4,9,11-12,14,16,26H,2,5-8,10H2,1H3,(H,25,29). The summed E-state index contributed by atoms with van der Waals surface area (Å²) in [6.45, 7) is 2.86. The monoisotopic (exact) mass is 455 g/mol. The van der Waals surface area contributed by atoms with Crippen LogP contribution in [0.15, 0.2) is 29.0 Å². The predicted octanol–water partition coefficient (Wildman–Crippen LogP) is 3.49. The molecule has 2 atom stereocenters. The average molecular weight is 455 g/mol. The summed E-state index contributed by atoms with van der Waals surface area (Å²) >= 11 is 0. The molecule has 0 saturated carbocycles. The molecule has 0 aliphatic carbocycles. The molecule has 32 heavy (non-hydrogen) atoms. The molecule has 12 heteroatoms. The van der Waals surface area contributed by atoms with Crippen LogP contribution in [0, 0.1) is 0 Å². The van der Waals surface area contributed by atoms with Crippen molar-refractivity contribution in [3.05, 3.63) is 35.9 Å². The minimum atomic E-state index is -4.54. The number of carbonyl (C=O) groups excluding carboxylic acids is 2. The van der Waals surface area contributed by atoms with Gasteiger partial charge in [0.05, 0.1) is 25.1 Å². The van der Waals surface area contributed by atoms with Crippen LogP contribution in [0.25, 0.3) is 0 Å². The van der Waals surface area contributed by atoms with E-state index >= 15 is 0 Å². The van der Waals surface area contributed by atoms with Gasteiger partial charge in [-0.15, -0.1) is 0 Å². The van der Waals surface area contributed by atoms with Crippen molar-refractivity contribution in [1.82, 2.24) is 20.0 Å². The fourth-order valence-corrected chi connectivity index (χ4v) is 4.09. The molecule has 2 aliphatic heterocycles. The molecule has 0 radical (unpaired) electrons. The lowest BCUT2D eigenvalue weighted by molar-refractivity contribution is -0.174. The van der Waals surface area contributed by atoms with E-state index in [4.69, 9.17) is 9.15 Å². The third-order valence-electron chi connectivity index (χ3n) is 5.73. The Morgan fingerprint density at radius 1 is 1.34 bits per heavy atom. The number of alkyl halides is 3. The van der Waals surface area contributed by atoms with E-state index in [-0.39, 0.29) is 30.5 Å². The van der Waals surface area contributed by atoms with Crippen molar-refractivity contribution in [2.75, 3.05) is 25.0 Å². The molecule has 4 heterocycles. The zero-order valence-corrected chi connectivity index (χ0v) is 17.4. The van der Waals surface area contributed by atoms with Crippen molar-refractivity contribution < 1.29 is 31.9 Å². The molecule has 2 unspecified atom stereocenters. The minimum Gasteiger partial charge on any atom is -0.467 e. The highest BCUT2D eigenvalue weighted by Gasteiger charge is 2.47. The summed E-state index contributed by atoms with van der Waals surface area (Å²) < 4.78 is 52.2.